The summed E-state index contributed by atoms with van der Waals surface area (Å²) in [6.07, 6.45) is 0. The molecule has 0 aromatic heterocycles. The standard InChI is InChI=1S/C28H27BCl2/c1-18-11-20(3)27(24(13-18)16-30)29(28-21(4)12-19(2)14-25(28)17-31)26-10-9-22-7-5-6-8-23(22)15-26/h5-15H,16-17H2,1-4H3. The van der Waals surface area contributed by atoms with Crippen LogP contribution in [0.2, 0.25) is 0 Å². The Hall–Kier alpha value is -2.22. The fourth-order valence-corrected chi connectivity index (χ4v) is 5.49. The Labute approximate surface area is 196 Å². The molecule has 156 valence electrons. The normalized spacial score (nSPS) is 11.2. The second kappa shape index (κ2) is 9.11. The lowest BCUT2D eigenvalue weighted by Gasteiger charge is -2.25. The van der Waals surface area contributed by atoms with Crippen LogP contribution in [0.1, 0.15) is 33.4 Å². The highest BCUT2D eigenvalue weighted by molar-refractivity contribution is 6.96. The van der Waals surface area contributed by atoms with Gasteiger partial charge in [0.15, 0.2) is 0 Å². The molecule has 0 bridgehead atoms. The first kappa shape index (κ1) is 22.0. The summed E-state index contributed by atoms with van der Waals surface area (Å²) in [5, 5.41) is 2.50. The highest BCUT2D eigenvalue weighted by atomic mass is 35.5. The zero-order valence-electron chi connectivity index (χ0n) is 18.6. The van der Waals surface area contributed by atoms with Crippen LogP contribution in [-0.4, -0.2) is 6.71 Å². The van der Waals surface area contributed by atoms with Gasteiger partial charge >= 0.3 is 0 Å². The fraction of sp³-hybridized carbons (Fsp3) is 0.214. The van der Waals surface area contributed by atoms with Crippen molar-refractivity contribution in [1.82, 2.24) is 0 Å². The lowest BCUT2D eigenvalue weighted by molar-refractivity contribution is 1.31. The van der Waals surface area contributed by atoms with Crippen molar-refractivity contribution in [2.45, 2.75) is 39.5 Å². The first-order chi connectivity index (χ1) is 14.9. The molecule has 0 unspecified atom stereocenters. The van der Waals surface area contributed by atoms with Crippen molar-refractivity contribution in [3.63, 3.8) is 0 Å². The Bertz CT molecular complexity index is 1200. The maximum Gasteiger partial charge on any atom is 0.242 e. The van der Waals surface area contributed by atoms with Gasteiger partial charge < -0.3 is 0 Å². The molecular formula is C28H27BCl2. The highest BCUT2D eigenvalue weighted by Gasteiger charge is 2.29. The van der Waals surface area contributed by atoms with E-state index in [0.29, 0.717) is 11.8 Å². The summed E-state index contributed by atoms with van der Waals surface area (Å²) in [7, 11) is 0. The van der Waals surface area contributed by atoms with E-state index in [9.17, 15) is 0 Å². The summed E-state index contributed by atoms with van der Waals surface area (Å²) >= 11 is 13.0. The third kappa shape index (κ3) is 4.27. The number of aryl methyl sites for hydroxylation is 4. The number of benzene rings is 4. The molecule has 0 atom stereocenters. The second-order valence-corrected chi connectivity index (χ2v) is 9.15. The number of fused-ring (bicyclic) bond motifs is 1. The molecule has 3 heteroatoms. The monoisotopic (exact) mass is 444 g/mol. The molecule has 0 N–H and O–H groups in total. The Morgan fingerprint density at radius 3 is 1.65 bits per heavy atom. The molecule has 0 aliphatic heterocycles. The summed E-state index contributed by atoms with van der Waals surface area (Å²) in [5.41, 5.74) is 11.3. The molecule has 0 aliphatic carbocycles. The molecule has 0 amide bonds. The van der Waals surface area contributed by atoms with E-state index >= 15 is 0 Å². The lowest BCUT2D eigenvalue weighted by Crippen LogP contribution is -2.56. The van der Waals surface area contributed by atoms with Gasteiger partial charge in [-0.05, 0) is 49.6 Å². The van der Waals surface area contributed by atoms with Crippen molar-refractivity contribution in [3.8, 4) is 0 Å². The molecule has 0 saturated carbocycles. The van der Waals surface area contributed by atoms with Gasteiger partial charge in [-0.25, -0.2) is 0 Å². The minimum atomic E-state index is 0.0771. The Morgan fingerprint density at radius 1 is 0.613 bits per heavy atom. The molecule has 0 saturated heterocycles. The van der Waals surface area contributed by atoms with Gasteiger partial charge in [-0.2, -0.15) is 0 Å². The van der Waals surface area contributed by atoms with Crippen molar-refractivity contribution in [2.75, 3.05) is 0 Å². The predicted octanol–water partition coefficient (Wildman–Crippen LogP) is 6.07. The number of halogens is 2. The van der Waals surface area contributed by atoms with E-state index in [2.05, 4.69) is 94.4 Å². The third-order valence-electron chi connectivity index (χ3n) is 6.21. The Kier molecular flexibility index (Phi) is 6.46. The van der Waals surface area contributed by atoms with Crippen molar-refractivity contribution < 1.29 is 0 Å². The van der Waals surface area contributed by atoms with Gasteiger partial charge in [0.2, 0.25) is 6.71 Å². The van der Waals surface area contributed by atoms with Gasteiger partial charge in [0.25, 0.3) is 0 Å². The average Bonchev–Trinajstić information content (AvgIpc) is 2.75. The minimum absolute atomic E-state index is 0.0771. The van der Waals surface area contributed by atoms with Crippen molar-refractivity contribution in [3.05, 3.63) is 100 Å². The summed E-state index contributed by atoms with van der Waals surface area (Å²) in [4.78, 5) is 0. The molecule has 4 rings (SSSR count). The van der Waals surface area contributed by atoms with Gasteiger partial charge in [0, 0.05) is 11.8 Å². The van der Waals surface area contributed by atoms with Crippen LogP contribution in [0.25, 0.3) is 10.8 Å². The van der Waals surface area contributed by atoms with E-state index in [1.807, 2.05) is 0 Å². The molecule has 4 aromatic carbocycles. The topological polar surface area (TPSA) is 0 Å². The van der Waals surface area contributed by atoms with Crippen LogP contribution < -0.4 is 16.4 Å². The van der Waals surface area contributed by atoms with Crippen LogP contribution in [0.3, 0.4) is 0 Å². The molecule has 0 aliphatic rings. The van der Waals surface area contributed by atoms with Gasteiger partial charge in [0.05, 0.1) is 0 Å². The summed E-state index contributed by atoms with van der Waals surface area (Å²) in [6, 6.07) is 24.4. The number of hydrogen-bond acceptors (Lipinski definition) is 0. The zero-order chi connectivity index (χ0) is 22.1. The van der Waals surface area contributed by atoms with Crippen molar-refractivity contribution in [2.24, 2.45) is 0 Å². The van der Waals surface area contributed by atoms with Gasteiger partial charge in [-0.15, -0.1) is 23.2 Å². The number of hydrogen-bond donors (Lipinski definition) is 0. The van der Waals surface area contributed by atoms with Gasteiger partial charge in [-0.1, -0.05) is 105 Å². The quantitative estimate of drug-likeness (QED) is 0.259. The van der Waals surface area contributed by atoms with E-state index in [4.69, 9.17) is 23.2 Å². The maximum absolute atomic E-state index is 6.50. The SMILES string of the molecule is Cc1cc(C)c(B(c2ccc3ccccc3c2)c2c(C)cc(C)cc2CCl)c(CCl)c1. The van der Waals surface area contributed by atoms with E-state index in [1.165, 1.54) is 60.5 Å². The fourth-order valence-electron chi connectivity index (χ4n) is 5.05. The Morgan fingerprint density at radius 2 is 1.13 bits per heavy atom. The number of rotatable bonds is 5. The average molecular weight is 445 g/mol. The second-order valence-electron chi connectivity index (χ2n) is 8.62. The molecule has 0 radical (unpaired) electrons. The van der Waals surface area contributed by atoms with Crippen LogP contribution in [0.5, 0.6) is 0 Å². The van der Waals surface area contributed by atoms with Crippen LogP contribution in [0.15, 0.2) is 66.7 Å². The Balaban J connectivity index is 2.08. The first-order valence-electron chi connectivity index (χ1n) is 10.7. The van der Waals surface area contributed by atoms with Crippen LogP contribution in [0.4, 0.5) is 0 Å². The lowest BCUT2D eigenvalue weighted by atomic mass is 9.34. The molecule has 31 heavy (non-hydrogen) atoms. The molecule has 0 spiro atoms. The smallest absolute Gasteiger partial charge is 0.122 e. The van der Waals surface area contributed by atoms with E-state index < -0.39 is 0 Å². The summed E-state index contributed by atoms with van der Waals surface area (Å²) < 4.78 is 0. The van der Waals surface area contributed by atoms with E-state index in [1.54, 1.807) is 0 Å². The van der Waals surface area contributed by atoms with E-state index in [-0.39, 0.29) is 6.71 Å². The summed E-state index contributed by atoms with van der Waals surface area (Å²) in [6.45, 7) is 8.76. The van der Waals surface area contributed by atoms with Crippen LogP contribution >= 0.6 is 23.2 Å². The largest absolute Gasteiger partial charge is 0.242 e. The maximum atomic E-state index is 6.50. The van der Waals surface area contributed by atoms with Crippen LogP contribution in [0, 0.1) is 27.7 Å². The third-order valence-corrected chi connectivity index (χ3v) is 6.78. The molecule has 4 aromatic rings. The zero-order valence-corrected chi connectivity index (χ0v) is 20.1. The first-order valence-corrected chi connectivity index (χ1v) is 11.8. The predicted molar refractivity (Wildman–Crippen MR) is 140 cm³/mol. The molecule has 0 fully saturated rings. The van der Waals surface area contributed by atoms with Gasteiger partial charge in [-0.3, -0.25) is 0 Å². The molecule has 0 nitrogen and oxygen atoms in total. The molecular weight excluding hydrogens is 418 g/mol. The molecule has 0 heterocycles. The van der Waals surface area contributed by atoms with Crippen LogP contribution in [-0.2, 0) is 11.8 Å². The minimum Gasteiger partial charge on any atom is -0.122 e. The highest BCUT2D eigenvalue weighted by Crippen LogP contribution is 2.18. The summed E-state index contributed by atoms with van der Waals surface area (Å²) in [5.74, 6) is 0.978. The van der Waals surface area contributed by atoms with E-state index in [0.717, 1.165) is 0 Å². The van der Waals surface area contributed by atoms with Gasteiger partial charge in [0.1, 0.15) is 0 Å². The van der Waals surface area contributed by atoms with Crippen molar-refractivity contribution in [1.29, 1.82) is 0 Å². The van der Waals surface area contributed by atoms with Crippen molar-refractivity contribution >= 4 is 57.1 Å². The number of alkyl halides is 2.